The lowest BCUT2D eigenvalue weighted by Crippen LogP contribution is -2.29. The van der Waals surface area contributed by atoms with E-state index in [1.165, 1.54) is 0 Å². The van der Waals surface area contributed by atoms with E-state index in [0.717, 1.165) is 12.0 Å². The molecule has 0 unspecified atom stereocenters. The highest BCUT2D eigenvalue weighted by Crippen LogP contribution is 2.13. The second-order valence-corrected chi connectivity index (χ2v) is 5.79. The van der Waals surface area contributed by atoms with E-state index in [0.29, 0.717) is 17.1 Å². The van der Waals surface area contributed by atoms with Crippen molar-refractivity contribution < 1.29 is 9.59 Å². The SMILES string of the molecule is CN(CCc1ccncc1)C(=O)CCC(=O)c1cccc(Cl)c1. The highest BCUT2D eigenvalue weighted by Gasteiger charge is 2.13. The number of pyridine rings is 1. The number of halogens is 1. The first-order valence-electron chi connectivity index (χ1n) is 7.48. The summed E-state index contributed by atoms with van der Waals surface area (Å²) in [5, 5.41) is 0.525. The van der Waals surface area contributed by atoms with E-state index in [-0.39, 0.29) is 24.5 Å². The lowest BCUT2D eigenvalue weighted by atomic mass is 10.1. The van der Waals surface area contributed by atoms with Crippen LogP contribution in [0.3, 0.4) is 0 Å². The van der Waals surface area contributed by atoms with Crippen molar-refractivity contribution in [3.63, 3.8) is 0 Å². The van der Waals surface area contributed by atoms with Crippen molar-refractivity contribution in [2.24, 2.45) is 0 Å². The Hall–Kier alpha value is -2.20. The van der Waals surface area contributed by atoms with Gasteiger partial charge in [-0.2, -0.15) is 0 Å². The summed E-state index contributed by atoms with van der Waals surface area (Å²) in [6.07, 6.45) is 4.64. The van der Waals surface area contributed by atoms with Crippen molar-refractivity contribution in [1.82, 2.24) is 9.88 Å². The molecule has 0 fully saturated rings. The number of carbonyl (C=O) groups is 2. The standard InChI is InChI=1S/C18H19ClN2O2/c1-21(12-9-14-7-10-20-11-8-14)18(23)6-5-17(22)15-3-2-4-16(19)13-15/h2-4,7-8,10-11,13H,5-6,9,12H2,1H3. The number of rotatable bonds is 7. The molecular weight excluding hydrogens is 312 g/mol. The van der Waals surface area contributed by atoms with Gasteiger partial charge in [0.1, 0.15) is 0 Å². The topological polar surface area (TPSA) is 50.3 Å². The number of amides is 1. The van der Waals surface area contributed by atoms with Crippen LogP contribution in [0.1, 0.15) is 28.8 Å². The first-order chi connectivity index (χ1) is 11.1. The zero-order valence-electron chi connectivity index (χ0n) is 13.0. The van der Waals surface area contributed by atoms with Crippen molar-refractivity contribution in [3.8, 4) is 0 Å². The first kappa shape index (κ1) is 17.2. The van der Waals surface area contributed by atoms with Gasteiger partial charge in [0.25, 0.3) is 0 Å². The number of likely N-dealkylation sites (N-methyl/N-ethyl adjacent to an activating group) is 1. The predicted octanol–water partition coefficient (Wildman–Crippen LogP) is 3.40. The summed E-state index contributed by atoms with van der Waals surface area (Å²) in [5.41, 5.74) is 1.68. The van der Waals surface area contributed by atoms with Gasteiger partial charge in [0.2, 0.25) is 5.91 Å². The fraction of sp³-hybridized carbons (Fsp3) is 0.278. The zero-order valence-corrected chi connectivity index (χ0v) is 13.8. The molecule has 0 bridgehead atoms. The number of aromatic nitrogens is 1. The number of carbonyl (C=O) groups excluding carboxylic acids is 2. The summed E-state index contributed by atoms with van der Waals surface area (Å²) >= 11 is 5.87. The molecule has 4 nitrogen and oxygen atoms in total. The predicted molar refractivity (Wildman–Crippen MR) is 90.6 cm³/mol. The van der Waals surface area contributed by atoms with Crippen LogP contribution < -0.4 is 0 Å². The molecule has 1 amide bonds. The molecular formula is C18H19ClN2O2. The summed E-state index contributed by atoms with van der Waals surface area (Å²) in [6.45, 7) is 0.619. The third-order valence-corrected chi connectivity index (χ3v) is 3.86. The monoisotopic (exact) mass is 330 g/mol. The molecule has 1 heterocycles. The zero-order chi connectivity index (χ0) is 16.7. The van der Waals surface area contributed by atoms with Crippen LogP contribution in [0, 0.1) is 0 Å². The number of nitrogens with zero attached hydrogens (tertiary/aromatic N) is 2. The summed E-state index contributed by atoms with van der Waals surface area (Å²) in [7, 11) is 1.76. The third-order valence-electron chi connectivity index (χ3n) is 3.62. The van der Waals surface area contributed by atoms with Gasteiger partial charge in [-0.3, -0.25) is 14.6 Å². The van der Waals surface area contributed by atoms with Crippen LogP contribution in [-0.4, -0.2) is 35.2 Å². The molecule has 0 aliphatic rings. The maximum Gasteiger partial charge on any atom is 0.222 e. The van der Waals surface area contributed by atoms with Gasteiger partial charge in [0, 0.05) is 49.4 Å². The van der Waals surface area contributed by atoms with Crippen LogP contribution in [0.5, 0.6) is 0 Å². The van der Waals surface area contributed by atoms with Crippen molar-refractivity contribution in [2.75, 3.05) is 13.6 Å². The quantitative estimate of drug-likeness (QED) is 0.731. The molecule has 0 saturated heterocycles. The Balaban J connectivity index is 1.78. The third kappa shape index (κ3) is 5.49. The minimum Gasteiger partial charge on any atom is -0.345 e. The van der Waals surface area contributed by atoms with Crippen molar-refractivity contribution in [3.05, 3.63) is 64.9 Å². The lowest BCUT2D eigenvalue weighted by molar-refractivity contribution is -0.129. The second kappa shape index (κ2) is 8.44. The number of hydrogen-bond acceptors (Lipinski definition) is 3. The van der Waals surface area contributed by atoms with Gasteiger partial charge in [0.15, 0.2) is 5.78 Å². The fourth-order valence-corrected chi connectivity index (χ4v) is 2.38. The van der Waals surface area contributed by atoms with Gasteiger partial charge < -0.3 is 4.90 Å². The van der Waals surface area contributed by atoms with E-state index in [1.807, 2.05) is 12.1 Å². The molecule has 2 aromatic rings. The molecule has 0 saturated carbocycles. The molecule has 0 aliphatic carbocycles. The largest absolute Gasteiger partial charge is 0.345 e. The number of benzene rings is 1. The minimum absolute atomic E-state index is 0.0329. The van der Waals surface area contributed by atoms with E-state index < -0.39 is 0 Å². The van der Waals surface area contributed by atoms with E-state index in [1.54, 1.807) is 48.6 Å². The molecule has 0 aliphatic heterocycles. The summed E-state index contributed by atoms with van der Waals surface area (Å²) in [4.78, 5) is 29.8. The van der Waals surface area contributed by atoms with E-state index in [4.69, 9.17) is 11.6 Å². The molecule has 5 heteroatoms. The van der Waals surface area contributed by atoms with Gasteiger partial charge in [-0.25, -0.2) is 0 Å². The van der Waals surface area contributed by atoms with Crippen LogP contribution in [0.15, 0.2) is 48.8 Å². The van der Waals surface area contributed by atoms with Gasteiger partial charge in [-0.15, -0.1) is 0 Å². The normalized spacial score (nSPS) is 10.3. The Bertz CT molecular complexity index is 674. The molecule has 0 N–H and O–H groups in total. The first-order valence-corrected chi connectivity index (χ1v) is 7.85. The van der Waals surface area contributed by atoms with Crippen LogP contribution in [0.2, 0.25) is 5.02 Å². The Morgan fingerprint density at radius 3 is 2.57 bits per heavy atom. The summed E-state index contributed by atoms with van der Waals surface area (Å²) < 4.78 is 0. The van der Waals surface area contributed by atoms with E-state index >= 15 is 0 Å². The second-order valence-electron chi connectivity index (χ2n) is 5.35. The maximum atomic E-state index is 12.1. The number of hydrogen-bond donors (Lipinski definition) is 0. The molecule has 2 rings (SSSR count). The Kier molecular flexibility index (Phi) is 6.29. The van der Waals surface area contributed by atoms with Crippen LogP contribution in [0.25, 0.3) is 0 Å². The fourth-order valence-electron chi connectivity index (χ4n) is 2.19. The Morgan fingerprint density at radius 2 is 1.87 bits per heavy atom. The Labute approximate surface area is 141 Å². The molecule has 0 radical (unpaired) electrons. The van der Waals surface area contributed by atoms with Crippen LogP contribution in [0.4, 0.5) is 0 Å². The Morgan fingerprint density at radius 1 is 1.13 bits per heavy atom. The van der Waals surface area contributed by atoms with Crippen LogP contribution in [-0.2, 0) is 11.2 Å². The van der Waals surface area contributed by atoms with Gasteiger partial charge in [-0.1, -0.05) is 23.7 Å². The molecule has 120 valence electrons. The molecule has 0 spiro atoms. The summed E-state index contributed by atoms with van der Waals surface area (Å²) in [6, 6.07) is 10.7. The molecule has 23 heavy (non-hydrogen) atoms. The highest BCUT2D eigenvalue weighted by molar-refractivity contribution is 6.31. The highest BCUT2D eigenvalue weighted by atomic mass is 35.5. The van der Waals surface area contributed by atoms with Crippen LogP contribution >= 0.6 is 11.6 Å². The average Bonchev–Trinajstić information content (AvgIpc) is 2.58. The van der Waals surface area contributed by atoms with Gasteiger partial charge in [0.05, 0.1) is 0 Å². The lowest BCUT2D eigenvalue weighted by Gasteiger charge is -2.17. The maximum absolute atomic E-state index is 12.1. The van der Waals surface area contributed by atoms with Crippen molar-refractivity contribution in [1.29, 1.82) is 0 Å². The van der Waals surface area contributed by atoms with Gasteiger partial charge in [-0.05, 0) is 36.2 Å². The van der Waals surface area contributed by atoms with Gasteiger partial charge >= 0.3 is 0 Å². The molecule has 0 atom stereocenters. The number of ketones is 1. The minimum atomic E-state index is -0.0663. The number of Topliss-reactive ketones (excluding diaryl/α,β-unsaturated/α-hetero) is 1. The van der Waals surface area contributed by atoms with Crippen molar-refractivity contribution >= 4 is 23.3 Å². The molecule has 1 aromatic heterocycles. The van der Waals surface area contributed by atoms with E-state index in [2.05, 4.69) is 4.98 Å². The molecule has 1 aromatic carbocycles. The van der Waals surface area contributed by atoms with Crippen molar-refractivity contribution in [2.45, 2.75) is 19.3 Å². The van der Waals surface area contributed by atoms with E-state index in [9.17, 15) is 9.59 Å². The smallest absolute Gasteiger partial charge is 0.222 e. The average molecular weight is 331 g/mol. The summed E-state index contributed by atoms with van der Waals surface area (Å²) in [5.74, 6) is -0.0992.